The molecule has 4 atom stereocenters. The smallest absolute Gasteiger partial charge is 0.0575 e. The Kier molecular flexibility index (Phi) is 3.16. The van der Waals surface area contributed by atoms with Crippen molar-refractivity contribution in [3.05, 3.63) is 0 Å². The molecule has 0 aromatic carbocycles. The molecule has 0 spiro atoms. The summed E-state index contributed by atoms with van der Waals surface area (Å²) in [5, 5.41) is 9.88. The quantitative estimate of drug-likeness (QED) is 0.641. The van der Waals surface area contributed by atoms with E-state index in [1.54, 1.807) is 0 Å². The molecule has 1 saturated carbocycles. The molecule has 0 saturated heterocycles. The van der Waals surface area contributed by atoms with Crippen LogP contribution in [0.2, 0.25) is 0 Å². The van der Waals surface area contributed by atoms with E-state index >= 15 is 0 Å². The van der Waals surface area contributed by atoms with Gasteiger partial charge in [-0.2, -0.15) is 0 Å². The molecule has 1 heteroatoms. The van der Waals surface area contributed by atoms with E-state index in [9.17, 15) is 5.11 Å². The zero-order chi connectivity index (χ0) is 9.30. The van der Waals surface area contributed by atoms with Crippen LogP contribution >= 0.6 is 0 Å². The van der Waals surface area contributed by atoms with Crippen molar-refractivity contribution in [3.63, 3.8) is 0 Å². The highest BCUT2D eigenvalue weighted by Crippen LogP contribution is 2.37. The van der Waals surface area contributed by atoms with Crippen LogP contribution in [-0.4, -0.2) is 11.2 Å². The second kappa shape index (κ2) is 3.78. The van der Waals surface area contributed by atoms with Crippen molar-refractivity contribution in [1.82, 2.24) is 0 Å². The zero-order valence-corrected chi connectivity index (χ0v) is 8.75. The third-order valence-electron chi connectivity index (χ3n) is 3.29. The van der Waals surface area contributed by atoms with E-state index in [1.165, 1.54) is 6.42 Å². The van der Waals surface area contributed by atoms with Crippen LogP contribution < -0.4 is 0 Å². The van der Waals surface area contributed by atoms with Gasteiger partial charge < -0.3 is 5.11 Å². The molecule has 0 aliphatic heterocycles. The minimum Gasteiger partial charge on any atom is -0.393 e. The molecule has 4 unspecified atom stereocenters. The van der Waals surface area contributed by atoms with Crippen molar-refractivity contribution in [2.45, 2.75) is 46.6 Å². The molecule has 0 aromatic heterocycles. The molecule has 72 valence electrons. The van der Waals surface area contributed by atoms with Crippen molar-refractivity contribution < 1.29 is 5.11 Å². The van der Waals surface area contributed by atoms with Gasteiger partial charge in [-0.15, -0.1) is 0 Å². The van der Waals surface area contributed by atoms with Crippen LogP contribution in [0.4, 0.5) is 0 Å². The maximum atomic E-state index is 9.88. The number of aliphatic hydroxyl groups excluding tert-OH is 1. The molecule has 1 fully saturated rings. The van der Waals surface area contributed by atoms with Crippen LogP contribution in [0.3, 0.4) is 0 Å². The van der Waals surface area contributed by atoms with Crippen molar-refractivity contribution in [3.8, 4) is 0 Å². The highest BCUT2D eigenvalue weighted by atomic mass is 16.3. The summed E-state index contributed by atoms with van der Waals surface area (Å²) in [7, 11) is 0. The molecule has 0 amide bonds. The van der Waals surface area contributed by atoms with Gasteiger partial charge in [0.25, 0.3) is 0 Å². The lowest BCUT2D eigenvalue weighted by molar-refractivity contribution is -0.00662. The first-order valence-corrected chi connectivity index (χ1v) is 5.20. The van der Waals surface area contributed by atoms with Gasteiger partial charge in [0.05, 0.1) is 6.10 Å². The van der Waals surface area contributed by atoms with Gasteiger partial charge in [-0.3, -0.25) is 0 Å². The maximum absolute atomic E-state index is 9.88. The normalized spacial score (nSPS) is 43.5. The minimum atomic E-state index is -0.0521. The molecule has 0 bridgehead atoms. The first-order chi connectivity index (χ1) is 5.52. The third-order valence-corrected chi connectivity index (χ3v) is 3.29. The van der Waals surface area contributed by atoms with E-state index in [2.05, 4.69) is 27.7 Å². The fourth-order valence-corrected chi connectivity index (χ4v) is 2.94. The Morgan fingerprint density at radius 2 is 1.75 bits per heavy atom. The lowest BCUT2D eigenvalue weighted by Crippen LogP contribution is -2.37. The summed E-state index contributed by atoms with van der Waals surface area (Å²) in [6.45, 7) is 8.97. The maximum Gasteiger partial charge on any atom is 0.0575 e. The van der Waals surface area contributed by atoms with Gasteiger partial charge in [-0.1, -0.05) is 27.7 Å². The minimum absolute atomic E-state index is 0.0521. The highest BCUT2D eigenvalue weighted by Gasteiger charge is 2.34. The predicted octanol–water partition coefficient (Wildman–Crippen LogP) is 2.69. The summed E-state index contributed by atoms with van der Waals surface area (Å²) in [6, 6.07) is 0. The fourth-order valence-electron chi connectivity index (χ4n) is 2.94. The van der Waals surface area contributed by atoms with E-state index in [-0.39, 0.29) is 6.10 Å². The van der Waals surface area contributed by atoms with E-state index in [4.69, 9.17) is 0 Å². The average Bonchev–Trinajstić information content (AvgIpc) is 1.82. The van der Waals surface area contributed by atoms with Gasteiger partial charge in [-0.25, -0.2) is 0 Å². The zero-order valence-electron chi connectivity index (χ0n) is 8.75. The molecule has 0 radical (unpaired) electrons. The van der Waals surface area contributed by atoms with E-state index in [0.717, 1.165) is 6.42 Å². The summed E-state index contributed by atoms with van der Waals surface area (Å²) in [4.78, 5) is 0. The summed E-state index contributed by atoms with van der Waals surface area (Å²) in [5.74, 6) is 2.57. The lowest BCUT2D eigenvalue weighted by Gasteiger charge is -2.39. The molecule has 1 N–H and O–H groups in total. The molecular formula is C11H22O. The van der Waals surface area contributed by atoms with Gasteiger partial charge >= 0.3 is 0 Å². The topological polar surface area (TPSA) is 20.2 Å². The largest absolute Gasteiger partial charge is 0.393 e. The Balaban J connectivity index is 2.60. The first-order valence-electron chi connectivity index (χ1n) is 5.20. The third kappa shape index (κ3) is 2.01. The Bertz CT molecular complexity index is 130. The summed E-state index contributed by atoms with van der Waals surface area (Å²) in [6.07, 6.45) is 2.25. The molecule has 1 aliphatic carbocycles. The van der Waals surface area contributed by atoms with Gasteiger partial charge in [0, 0.05) is 0 Å². The van der Waals surface area contributed by atoms with Crippen molar-refractivity contribution in [2.24, 2.45) is 23.7 Å². The van der Waals surface area contributed by atoms with Gasteiger partial charge in [-0.05, 0) is 36.5 Å². The van der Waals surface area contributed by atoms with Gasteiger partial charge in [0.15, 0.2) is 0 Å². The predicted molar refractivity (Wildman–Crippen MR) is 51.9 cm³/mol. The first kappa shape index (κ1) is 10.0. The Morgan fingerprint density at radius 3 is 2.17 bits per heavy atom. The van der Waals surface area contributed by atoms with E-state index in [0.29, 0.717) is 23.7 Å². The van der Waals surface area contributed by atoms with Crippen LogP contribution in [0.25, 0.3) is 0 Å². The summed E-state index contributed by atoms with van der Waals surface area (Å²) < 4.78 is 0. The summed E-state index contributed by atoms with van der Waals surface area (Å²) >= 11 is 0. The van der Waals surface area contributed by atoms with Crippen LogP contribution in [0.1, 0.15) is 40.5 Å². The number of aliphatic hydroxyl groups is 1. The Hall–Kier alpha value is -0.0400. The lowest BCUT2D eigenvalue weighted by atomic mass is 9.69. The monoisotopic (exact) mass is 170 g/mol. The van der Waals surface area contributed by atoms with E-state index < -0.39 is 0 Å². The average molecular weight is 170 g/mol. The van der Waals surface area contributed by atoms with Crippen LogP contribution in [-0.2, 0) is 0 Å². The van der Waals surface area contributed by atoms with Crippen LogP contribution in [0.5, 0.6) is 0 Å². The highest BCUT2D eigenvalue weighted by molar-refractivity contribution is 4.84. The van der Waals surface area contributed by atoms with Crippen LogP contribution in [0, 0.1) is 23.7 Å². The van der Waals surface area contributed by atoms with Crippen LogP contribution in [0.15, 0.2) is 0 Å². The molecular weight excluding hydrogens is 148 g/mol. The second-order valence-electron chi connectivity index (χ2n) is 4.94. The molecule has 1 nitrogen and oxygen atoms in total. The SMILES string of the molecule is CC1CC(C)C(C(C)C)C(O)C1. The molecule has 0 aromatic rings. The second-order valence-corrected chi connectivity index (χ2v) is 4.94. The summed E-state index contributed by atoms with van der Waals surface area (Å²) in [5.41, 5.74) is 0. The van der Waals surface area contributed by atoms with Crippen molar-refractivity contribution >= 4 is 0 Å². The fraction of sp³-hybridized carbons (Fsp3) is 1.00. The van der Waals surface area contributed by atoms with Crippen molar-refractivity contribution in [2.75, 3.05) is 0 Å². The number of rotatable bonds is 1. The molecule has 1 rings (SSSR count). The Labute approximate surface area is 76.2 Å². The number of hydrogen-bond donors (Lipinski definition) is 1. The standard InChI is InChI=1S/C11H22O/c1-7(2)11-9(4)5-8(3)6-10(11)12/h7-12H,5-6H2,1-4H3. The molecule has 1 aliphatic rings. The molecule has 0 heterocycles. The van der Waals surface area contributed by atoms with Crippen molar-refractivity contribution in [1.29, 1.82) is 0 Å². The van der Waals surface area contributed by atoms with Gasteiger partial charge in [0.1, 0.15) is 0 Å². The Morgan fingerprint density at radius 1 is 1.17 bits per heavy atom. The molecule has 12 heavy (non-hydrogen) atoms. The van der Waals surface area contributed by atoms with E-state index in [1.807, 2.05) is 0 Å². The van der Waals surface area contributed by atoms with Gasteiger partial charge in [0.2, 0.25) is 0 Å². The number of hydrogen-bond acceptors (Lipinski definition) is 1.